The lowest BCUT2D eigenvalue weighted by molar-refractivity contribution is -0.116. The number of rotatable bonds is 5. The van der Waals surface area contributed by atoms with Crippen LogP contribution in [0.1, 0.15) is 28.0 Å². The first-order valence-corrected chi connectivity index (χ1v) is 6.59. The van der Waals surface area contributed by atoms with Crippen LogP contribution in [-0.4, -0.2) is 26.8 Å². The average Bonchev–Trinajstić information content (AvgIpc) is 2.88. The van der Waals surface area contributed by atoms with Crippen molar-refractivity contribution in [2.24, 2.45) is 0 Å². The molecule has 0 atom stereocenters. The molecule has 0 saturated heterocycles. The number of aromatic nitrogens is 2. The number of aryl methyl sites for hydroxylation is 3. The van der Waals surface area contributed by atoms with Gasteiger partial charge in [-0.3, -0.25) is 9.48 Å². The van der Waals surface area contributed by atoms with Crippen LogP contribution in [0.15, 0.2) is 30.5 Å². The summed E-state index contributed by atoms with van der Waals surface area (Å²) >= 11 is 0. The zero-order valence-corrected chi connectivity index (χ0v) is 12.0. The molecule has 21 heavy (non-hydrogen) atoms. The number of aromatic carboxylic acids is 1. The van der Waals surface area contributed by atoms with Crippen molar-refractivity contribution in [2.45, 2.75) is 26.8 Å². The van der Waals surface area contributed by atoms with Gasteiger partial charge in [-0.25, -0.2) is 4.79 Å². The van der Waals surface area contributed by atoms with E-state index in [0.29, 0.717) is 0 Å². The van der Waals surface area contributed by atoms with E-state index in [1.807, 2.05) is 32.0 Å². The van der Waals surface area contributed by atoms with Gasteiger partial charge in [-0.2, -0.15) is 5.10 Å². The Morgan fingerprint density at radius 1 is 1.29 bits per heavy atom. The summed E-state index contributed by atoms with van der Waals surface area (Å²) in [5, 5.41) is 15.7. The van der Waals surface area contributed by atoms with Crippen LogP contribution >= 0.6 is 0 Å². The van der Waals surface area contributed by atoms with Crippen molar-refractivity contribution < 1.29 is 14.7 Å². The summed E-state index contributed by atoms with van der Waals surface area (Å²) < 4.78 is 1.31. The molecule has 6 nitrogen and oxygen atoms in total. The molecule has 1 heterocycles. The summed E-state index contributed by atoms with van der Waals surface area (Å²) in [5.41, 5.74) is 2.97. The number of hydrogen-bond acceptors (Lipinski definition) is 3. The first kappa shape index (κ1) is 14.8. The Labute approximate surface area is 122 Å². The normalized spacial score (nSPS) is 10.4. The van der Waals surface area contributed by atoms with Crippen LogP contribution in [0.4, 0.5) is 5.69 Å². The van der Waals surface area contributed by atoms with Gasteiger partial charge in [0.25, 0.3) is 0 Å². The number of hydrogen-bond donors (Lipinski definition) is 2. The molecular formula is C15H17N3O3. The van der Waals surface area contributed by atoms with E-state index in [4.69, 9.17) is 5.11 Å². The van der Waals surface area contributed by atoms with Gasteiger partial charge in [0.05, 0.1) is 6.54 Å². The van der Waals surface area contributed by atoms with Crippen molar-refractivity contribution in [3.8, 4) is 0 Å². The highest BCUT2D eigenvalue weighted by Crippen LogP contribution is 2.16. The third-order valence-electron chi connectivity index (χ3n) is 3.14. The standard InChI is InChI=1S/C15H17N3O3/c1-10-3-4-12(11(2)9-10)17-14(19)6-8-18-13(15(20)21)5-7-16-18/h3-5,7,9H,6,8H2,1-2H3,(H,17,19)(H,20,21). The Bertz CT molecular complexity index is 677. The predicted octanol–water partition coefficient (Wildman–Crippen LogP) is 2.23. The van der Waals surface area contributed by atoms with E-state index in [1.54, 1.807) is 0 Å². The quantitative estimate of drug-likeness (QED) is 0.883. The average molecular weight is 287 g/mol. The van der Waals surface area contributed by atoms with Gasteiger partial charge in [0, 0.05) is 18.3 Å². The maximum atomic E-state index is 11.9. The number of nitrogens with zero attached hydrogens (tertiary/aromatic N) is 2. The third kappa shape index (κ3) is 3.68. The predicted molar refractivity (Wildman–Crippen MR) is 78.3 cm³/mol. The van der Waals surface area contributed by atoms with Crippen LogP contribution in [0.5, 0.6) is 0 Å². The molecule has 0 aliphatic heterocycles. The number of carbonyl (C=O) groups is 2. The number of benzene rings is 1. The van der Waals surface area contributed by atoms with Gasteiger partial charge in [0.2, 0.25) is 5.91 Å². The molecule has 0 aliphatic carbocycles. The number of carboxylic acid groups (broad SMARTS) is 1. The van der Waals surface area contributed by atoms with Crippen LogP contribution in [0.2, 0.25) is 0 Å². The fourth-order valence-corrected chi connectivity index (χ4v) is 2.07. The summed E-state index contributed by atoms with van der Waals surface area (Å²) in [4.78, 5) is 22.9. The van der Waals surface area contributed by atoms with E-state index in [9.17, 15) is 9.59 Å². The van der Waals surface area contributed by atoms with Crippen LogP contribution in [0.3, 0.4) is 0 Å². The molecule has 1 aromatic carbocycles. The van der Waals surface area contributed by atoms with E-state index in [-0.39, 0.29) is 24.6 Å². The van der Waals surface area contributed by atoms with E-state index in [1.165, 1.54) is 16.9 Å². The molecule has 0 spiro atoms. The second-order valence-corrected chi connectivity index (χ2v) is 4.86. The van der Waals surface area contributed by atoms with Gasteiger partial charge < -0.3 is 10.4 Å². The van der Waals surface area contributed by atoms with Crippen molar-refractivity contribution in [3.05, 3.63) is 47.3 Å². The maximum absolute atomic E-state index is 11.9. The molecule has 1 aromatic heterocycles. The zero-order chi connectivity index (χ0) is 15.4. The summed E-state index contributed by atoms with van der Waals surface area (Å²) in [6.07, 6.45) is 1.57. The molecule has 2 N–H and O–H groups in total. The van der Waals surface area contributed by atoms with Crippen molar-refractivity contribution in [3.63, 3.8) is 0 Å². The third-order valence-corrected chi connectivity index (χ3v) is 3.14. The molecule has 0 bridgehead atoms. The molecule has 0 fully saturated rings. The summed E-state index contributed by atoms with van der Waals surface area (Å²) in [6, 6.07) is 7.19. The summed E-state index contributed by atoms with van der Waals surface area (Å²) in [6.45, 7) is 4.15. The lowest BCUT2D eigenvalue weighted by atomic mass is 10.1. The maximum Gasteiger partial charge on any atom is 0.354 e. The topological polar surface area (TPSA) is 84.2 Å². The minimum Gasteiger partial charge on any atom is -0.477 e. The fraction of sp³-hybridized carbons (Fsp3) is 0.267. The highest BCUT2D eigenvalue weighted by atomic mass is 16.4. The van der Waals surface area contributed by atoms with E-state index in [2.05, 4.69) is 10.4 Å². The second-order valence-electron chi connectivity index (χ2n) is 4.86. The number of carbonyl (C=O) groups excluding carboxylic acids is 1. The Kier molecular flexibility index (Phi) is 4.37. The van der Waals surface area contributed by atoms with Crippen LogP contribution in [0.25, 0.3) is 0 Å². The molecule has 110 valence electrons. The molecule has 1 amide bonds. The first-order valence-electron chi connectivity index (χ1n) is 6.59. The zero-order valence-electron chi connectivity index (χ0n) is 12.0. The molecule has 6 heteroatoms. The molecule has 2 rings (SSSR count). The minimum atomic E-state index is -1.05. The van der Waals surface area contributed by atoms with Crippen molar-refractivity contribution in [2.75, 3.05) is 5.32 Å². The number of amides is 1. The largest absolute Gasteiger partial charge is 0.477 e. The van der Waals surface area contributed by atoms with Gasteiger partial charge >= 0.3 is 5.97 Å². The monoisotopic (exact) mass is 287 g/mol. The Morgan fingerprint density at radius 2 is 2.05 bits per heavy atom. The van der Waals surface area contributed by atoms with Crippen molar-refractivity contribution in [1.82, 2.24) is 9.78 Å². The van der Waals surface area contributed by atoms with Gasteiger partial charge in [-0.05, 0) is 31.5 Å². The van der Waals surface area contributed by atoms with Gasteiger partial charge in [0.15, 0.2) is 0 Å². The van der Waals surface area contributed by atoms with E-state index < -0.39 is 5.97 Å². The molecule has 2 aromatic rings. The van der Waals surface area contributed by atoms with Gasteiger partial charge in [-0.15, -0.1) is 0 Å². The number of carboxylic acids is 1. The van der Waals surface area contributed by atoms with Crippen molar-refractivity contribution in [1.29, 1.82) is 0 Å². The molecule has 0 saturated carbocycles. The highest BCUT2D eigenvalue weighted by Gasteiger charge is 2.11. The molecular weight excluding hydrogens is 270 g/mol. The van der Waals surface area contributed by atoms with Crippen LogP contribution in [0, 0.1) is 13.8 Å². The van der Waals surface area contributed by atoms with Crippen LogP contribution < -0.4 is 5.32 Å². The SMILES string of the molecule is Cc1ccc(NC(=O)CCn2nccc2C(=O)O)c(C)c1. The fourth-order valence-electron chi connectivity index (χ4n) is 2.07. The first-order chi connectivity index (χ1) is 9.97. The van der Waals surface area contributed by atoms with Crippen LogP contribution in [-0.2, 0) is 11.3 Å². The Balaban J connectivity index is 1.96. The number of anilines is 1. The Morgan fingerprint density at radius 3 is 2.71 bits per heavy atom. The van der Waals surface area contributed by atoms with Gasteiger partial charge in [-0.1, -0.05) is 17.7 Å². The Hall–Kier alpha value is -2.63. The summed E-state index contributed by atoms with van der Waals surface area (Å²) in [5.74, 6) is -1.23. The molecule has 0 radical (unpaired) electrons. The lowest BCUT2D eigenvalue weighted by Gasteiger charge is -2.09. The lowest BCUT2D eigenvalue weighted by Crippen LogP contribution is -2.17. The molecule has 0 aliphatic rings. The molecule has 0 unspecified atom stereocenters. The second kappa shape index (κ2) is 6.21. The van der Waals surface area contributed by atoms with Crippen molar-refractivity contribution >= 4 is 17.6 Å². The minimum absolute atomic E-state index is 0.0781. The van der Waals surface area contributed by atoms with E-state index in [0.717, 1.165) is 16.8 Å². The highest BCUT2D eigenvalue weighted by molar-refractivity contribution is 5.91. The summed E-state index contributed by atoms with van der Waals surface area (Å²) in [7, 11) is 0. The van der Waals surface area contributed by atoms with E-state index >= 15 is 0 Å². The number of nitrogens with one attached hydrogen (secondary N) is 1. The van der Waals surface area contributed by atoms with Gasteiger partial charge in [0.1, 0.15) is 5.69 Å². The smallest absolute Gasteiger partial charge is 0.354 e.